The van der Waals surface area contributed by atoms with E-state index in [0.717, 1.165) is 23.4 Å². The van der Waals surface area contributed by atoms with E-state index in [1.54, 1.807) is 0 Å². The van der Waals surface area contributed by atoms with Gasteiger partial charge in [-0.25, -0.2) is 4.98 Å². The minimum Gasteiger partial charge on any atom is -0.454 e. The number of benzene rings is 1. The highest BCUT2D eigenvalue weighted by Crippen LogP contribution is 2.46. The second-order valence-electron chi connectivity index (χ2n) is 7.34. The Morgan fingerprint density at radius 2 is 2.07 bits per heavy atom. The van der Waals surface area contributed by atoms with Crippen molar-refractivity contribution in [2.24, 2.45) is 5.92 Å². The monoisotopic (exact) mass is 411 g/mol. The zero-order chi connectivity index (χ0) is 20.0. The Balaban J connectivity index is 1.67. The highest BCUT2D eigenvalue weighted by atomic mass is 32.2. The molecule has 3 aliphatic rings. The van der Waals surface area contributed by atoms with Crippen molar-refractivity contribution in [3.8, 4) is 11.5 Å². The first-order chi connectivity index (χ1) is 14.2. The van der Waals surface area contributed by atoms with E-state index < -0.39 is 11.8 Å². The molecule has 2 aromatic rings. The number of aromatic nitrogens is 2. The summed E-state index contributed by atoms with van der Waals surface area (Å²) in [7, 11) is 0. The molecular formula is C21H21N3O4S. The van der Waals surface area contributed by atoms with Gasteiger partial charge in [0.1, 0.15) is 11.6 Å². The Hall–Kier alpha value is -2.74. The maximum Gasteiger partial charge on any atom is 0.257 e. The van der Waals surface area contributed by atoms with Crippen LogP contribution in [0.4, 0.5) is 5.82 Å². The van der Waals surface area contributed by atoms with Crippen LogP contribution < -0.4 is 20.3 Å². The molecule has 7 nitrogen and oxygen atoms in total. The first kappa shape index (κ1) is 18.3. The van der Waals surface area contributed by atoms with Crippen molar-refractivity contribution < 1.29 is 14.3 Å². The predicted octanol–water partition coefficient (Wildman–Crippen LogP) is 3.42. The number of fused-ring (bicyclic) bond motifs is 3. The predicted molar refractivity (Wildman–Crippen MR) is 110 cm³/mol. The summed E-state index contributed by atoms with van der Waals surface area (Å²) < 4.78 is 11.0. The molecule has 3 heterocycles. The molecule has 0 saturated carbocycles. The molecule has 2 atom stereocenters. The standard InChI is InChI=1S/C21H21N3O4S/c1-2-8-29-21-23-19-18(20(26)24-21)16(17-12(22-19)4-3-5-13(17)25)11-6-7-14-15(9-11)28-10-27-14/h4,6-7,9,16-17H,2-3,5,8,10H2,1H3,(H2,22,23,24,26)/t16-,17-/m1/s1. The Morgan fingerprint density at radius 1 is 1.21 bits per heavy atom. The molecule has 0 spiro atoms. The first-order valence-electron chi connectivity index (χ1n) is 9.82. The minimum atomic E-state index is -0.423. The van der Waals surface area contributed by atoms with E-state index in [1.165, 1.54) is 11.8 Å². The Kier molecular flexibility index (Phi) is 4.58. The number of carbonyl (C=O) groups is 1. The van der Waals surface area contributed by atoms with Gasteiger partial charge >= 0.3 is 0 Å². The lowest BCUT2D eigenvalue weighted by atomic mass is 9.72. The van der Waals surface area contributed by atoms with E-state index >= 15 is 0 Å². The molecule has 0 saturated heterocycles. The molecule has 8 heteroatoms. The smallest absolute Gasteiger partial charge is 0.257 e. The Labute approximate surface area is 171 Å². The fourth-order valence-electron chi connectivity index (χ4n) is 4.20. The van der Waals surface area contributed by atoms with Gasteiger partial charge in [0.05, 0.1) is 11.5 Å². The number of ether oxygens (including phenoxy) is 2. The van der Waals surface area contributed by atoms with Crippen molar-refractivity contribution in [1.82, 2.24) is 9.97 Å². The lowest BCUT2D eigenvalue weighted by Crippen LogP contribution is -2.38. The van der Waals surface area contributed by atoms with Crippen molar-refractivity contribution in [2.45, 2.75) is 37.3 Å². The molecule has 0 unspecified atom stereocenters. The van der Waals surface area contributed by atoms with Crippen molar-refractivity contribution in [2.75, 3.05) is 17.9 Å². The van der Waals surface area contributed by atoms with Crippen LogP contribution >= 0.6 is 11.8 Å². The molecular weight excluding hydrogens is 390 g/mol. The molecule has 2 aliphatic heterocycles. The van der Waals surface area contributed by atoms with Gasteiger partial charge < -0.3 is 19.8 Å². The average Bonchev–Trinajstić information content (AvgIpc) is 3.19. The third-order valence-corrected chi connectivity index (χ3v) is 6.56. The number of aromatic amines is 1. The summed E-state index contributed by atoms with van der Waals surface area (Å²) in [6.07, 6.45) is 4.21. The normalized spacial score (nSPS) is 21.8. The van der Waals surface area contributed by atoms with E-state index in [-0.39, 0.29) is 18.1 Å². The maximum absolute atomic E-state index is 13.1. The van der Waals surface area contributed by atoms with Crippen molar-refractivity contribution >= 4 is 23.4 Å². The van der Waals surface area contributed by atoms with E-state index in [1.807, 2.05) is 18.2 Å². The molecule has 1 aliphatic carbocycles. The van der Waals surface area contributed by atoms with Crippen LogP contribution in [0.15, 0.2) is 39.9 Å². The van der Waals surface area contributed by atoms with Crippen LogP contribution in [0.25, 0.3) is 0 Å². The number of H-pyrrole nitrogens is 1. The van der Waals surface area contributed by atoms with Crippen LogP contribution in [0.3, 0.4) is 0 Å². The van der Waals surface area contributed by atoms with Gasteiger partial charge in [0.2, 0.25) is 6.79 Å². The number of allylic oxidation sites excluding steroid dienone is 2. The van der Waals surface area contributed by atoms with E-state index in [9.17, 15) is 9.59 Å². The highest BCUT2D eigenvalue weighted by Gasteiger charge is 2.42. The van der Waals surface area contributed by atoms with E-state index in [0.29, 0.717) is 40.9 Å². The van der Waals surface area contributed by atoms with E-state index in [4.69, 9.17) is 9.47 Å². The Morgan fingerprint density at radius 3 is 2.93 bits per heavy atom. The molecule has 150 valence electrons. The summed E-state index contributed by atoms with van der Waals surface area (Å²) in [5.41, 5.74) is 1.98. The van der Waals surface area contributed by atoms with Gasteiger partial charge in [0.15, 0.2) is 16.7 Å². The first-order valence-corrected chi connectivity index (χ1v) is 10.8. The summed E-state index contributed by atoms with van der Waals surface area (Å²) in [5.74, 6) is 2.01. The molecule has 0 amide bonds. The van der Waals surface area contributed by atoms with Gasteiger partial charge in [0, 0.05) is 23.8 Å². The van der Waals surface area contributed by atoms with Crippen LogP contribution in [0.1, 0.15) is 43.2 Å². The lowest BCUT2D eigenvalue weighted by Gasteiger charge is -2.36. The number of rotatable bonds is 4. The zero-order valence-electron chi connectivity index (χ0n) is 16.0. The molecule has 0 fully saturated rings. The number of nitrogens with zero attached hydrogens (tertiary/aromatic N) is 1. The number of anilines is 1. The number of nitrogens with one attached hydrogen (secondary N) is 2. The number of hydrogen-bond acceptors (Lipinski definition) is 7. The summed E-state index contributed by atoms with van der Waals surface area (Å²) in [5, 5.41) is 3.87. The SMILES string of the molecule is CCCSc1nc2c(c(=O)[nH]1)[C@H](c1ccc3c(c1)OCO3)[C@H]1C(=O)CCC=C1N2. The van der Waals surface area contributed by atoms with Crippen LogP contribution in [0, 0.1) is 5.92 Å². The summed E-state index contributed by atoms with van der Waals surface area (Å²) in [4.78, 5) is 33.6. The van der Waals surface area contributed by atoms with Crippen LogP contribution in [-0.2, 0) is 4.79 Å². The number of hydrogen-bond donors (Lipinski definition) is 2. The van der Waals surface area contributed by atoms with Crippen molar-refractivity contribution in [3.63, 3.8) is 0 Å². The molecule has 29 heavy (non-hydrogen) atoms. The molecule has 2 N–H and O–H groups in total. The van der Waals surface area contributed by atoms with E-state index in [2.05, 4.69) is 28.3 Å². The number of Topliss-reactive ketones (excluding diaryl/α,β-unsaturated/α-hetero) is 1. The zero-order valence-corrected chi connectivity index (χ0v) is 16.8. The third kappa shape index (κ3) is 3.11. The molecule has 1 aromatic heterocycles. The fourth-order valence-corrected chi connectivity index (χ4v) is 4.92. The lowest BCUT2D eigenvalue weighted by molar-refractivity contribution is -0.122. The summed E-state index contributed by atoms with van der Waals surface area (Å²) in [6, 6.07) is 5.62. The number of thioether (sulfide) groups is 1. The topological polar surface area (TPSA) is 93.3 Å². The average molecular weight is 411 g/mol. The quantitative estimate of drug-likeness (QED) is 0.588. The second-order valence-corrected chi connectivity index (χ2v) is 8.42. The van der Waals surface area contributed by atoms with Crippen LogP contribution in [0.2, 0.25) is 0 Å². The minimum absolute atomic E-state index is 0.132. The van der Waals surface area contributed by atoms with Crippen LogP contribution in [-0.4, -0.2) is 28.3 Å². The van der Waals surface area contributed by atoms with Gasteiger partial charge in [0.25, 0.3) is 5.56 Å². The van der Waals surface area contributed by atoms with Gasteiger partial charge in [-0.05, 0) is 30.5 Å². The summed E-state index contributed by atoms with van der Waals surface area (Å²) in [6.45, 7) is 2.26. The fraction of sp³-hybridized carbons (Fsp3) is 0.381. The number of ketones is 1. The van der Waals surface area contributed by atoms with Crippen molar-refractivity contribution in [1.29, 1.82) is 0 Å². The highest BCUT2D eigenvalue weighted by molar-refractivity contribution is 7.99. The molecule has 1 aromatic carbocycles. The number of carbonyl (C=O) groups excluding carboxylic acids is 1. The maximum atomic E-state index is 13.1. The van der Waals surface area contributed by atoms with Gasteiger partial charge in [-0.2, -0.15) is 0 Å². The van der Waals surface area contributed by atoms with Gasteiger partial charge in [-0.3, -0.25) is 9.59 Å². The van der Waals surface area contributed by atoms with Crippen molar-refractivity contribution in [3.05, 3.63) is 51.5 Å². The second kappa shape index (κ2) is 7.26. The summed E-state index contributed by atoms with van der Waals surface area (Å²) >= 11 is 1.52. The largest absolute Gasteiger partial charge is 0.454 e. The van der Waals surface area contributed by atoms with Gasteiger partial charge in [-0.15, -0.1) is 0 Å². The van der Waals surface area contributed by atoms with Gasteiger partial charge in [-0.1, -0.05) is 30.8 Å². The molecule has 0 radical (unpaired) electrons. The Bertz CT molecular complexity index is 1080. The third-order valence-electron chi connectivity index (χ3n) is 5.48. The molecule has 0 bridgehead atoms. The molecule has 5 rings (SSSR count). The van der Waals surface area contributed by atoms with Crippen LogP contribution in [0.5, 0.6) is 11.5 Å².